The first-order valence-electron chi connectivity index (χ1n) is 11.2. The molecule has 3 rings (SSSR count). The summed E-state index contributed by atoms with van der Waals surface area (Å²) in [6.07, 6.45) is 0.453. The number of amides is 2. The molecule has 2 N–H and O–H groups in total. The van der Waals surface area contributed by atoms with Gasteiger partial charge in [0.1, 0.15) is 11.5 Å². The molecule has 3 aromatic rings. The van der Waals surface area contributed by atoms with Crippen LogP contribution in [0.3, 0.4) is 0 Å². The number of carbonyl (C=O) groups excluding carboxylic acids is 3. The Morgan fingerprint density at radius 3 is 2.36 bits per heavy atom. The van der Waals surface area contributed by atoms with E-state index in [-0.39, 0.29) is 18.7 Å². The lowest BCUT2D eigenvalue weighted by Crippen LogP contribution is -2.21. The van der Waals surface area contributed by atoms with Crippen LogP contribution < -0.4 is 15.4 Å². The molecule has 7 nitrogen and oxygen atoms in total. The minimum absolute atomic E-state index is 0.0209. The van der Waals surface area contributed by atoms with E-state index in [1.165, 1.54) is 0 Å². The Morgan fingerprint density at radius 1 is 0.889 bits per heavy atom. The zero-order valence-electron chi connectivity index (χ0n) is 19.9. The molecule has 0 aliphatic rings. The number of benzene rings is 3. The molecule has 0 aromatic heterocycles. The van der Waals surface area contributed by atoms with E-state index < -0.39 is 18.5 Å². The van der Waals surface area contributed by atoms with Gasteiger partial charge in [-0.15, -0.1) is 0 Å². The molecule has 9 heteroatoms. The summed E-state index contributed by atoms with van der Waals surface area (Å²) in [4.78, 5) is 36.2. The van der Waals surface area contributed by atoms with Gasteiger partial charge in [0.05, 0.1) is 5.02 Å². The van der Waals surface area contributed by atoms with Crippen LogP contribution in [0.5, 0.6) is 11.5 Å². The molecule has 0 unspecified atom stereocenters. The number of hydrogen-bond acceptors (Lipinski definition) is 5. The number of carbonyl (C=O) groups is 3. The van der Waals surface area contributed by atoms with Crippen LogP contribution in [0.15, 0.2) is 65.1 Å². The number of anilines is 2. The van der Waals surface area contributed by atoms with Gasteiger partial charge in [-0.2, -0.15) is 0 Å². The van der Waals surface area contributed by atoms with Crippen LogP contribution in [0, 0.1) is 13.8 Å². The second kappa shape index (κ2) is 13.1. The van der Waals surface area contributed by atoms with Gasteiger partial charge >= 0.3 is 5.97 Å². The Morgan fingerprint density at radius 2 is 1.64 bits per heavy atom. The monoisotopic (exact) mass is 572 g/mol. The zero-order valence-corrected chi connectivity index (χ0v) is 22.2. The summed E-state index contributed by atoms with van der Waals surface area (Å²) < 4.78 is 11.5. The molecule has 0 saturated heterocycles. The van der Waals surface area contributed by atoms with Crippen molar-refractivity contribution in [1.82, 2.24) is 0 Å². The normalized spacial score (nSPS) is 10.4. The summed E-state index contributed by atoms with van der Waals surface area (Å²) in [6.45, 7) is 3.39. The van der Waals surface area contributed by atoms with E-state index in [1.807, 2.05) is 38.1 Å². The smallest absolute Gasteiger partial charge is 0.306 e. The van der Waals surface area contributed by atoms with Crippen molar-refractivity contribution in [3.05, 3.63) is 81.3 Å². The van der Waals surface area contributed by atoms with Gasteiger partial charge in [-0.1, -0.05) is 23.7 Å². The van der Waals surface area contributed by atoms with Crippen molar-refractivity contribution >= 4 is 56.7 Å². The SMILES string of the molecule is Cc1cccc(Oc2ccc(NC(=O)CCCC(=O)OCC(=O)Nc3cc(Cl)c(Br)cc3C)cc2)c1. The van der Waals surface area contributed by atoms with Crippen molar-refractivity contribution in [2.24, 2.45) is 0 Å². The molecule has 0 atom stereocenters. The standard InChI is InChI=1S/C27H26BrClN2O5/c1-17-5-3-6-21(13-17)36-20-11-9-19(10-12-20)30-25(32)7-4-8-27(34)35-16-26(33)31-24-15-23(29)22(28)14-18(24)2/h3,5-6,9-15H,4,7-8,16H2,1-2H3,(H,30,32)(H,31,33). The lowest BCUT2D eigenvalue weighted by Gasteiger charge is -2.10. The number of esters is 1. The second-order valence-corrected chi connectivity index (χ2v) is 9.40. The highest BCUT2D eigenvalue weighted by Gasteiger charge is 2.12. The molecular weight excluding hydrogens is 548 g/mol. The van der Waals surface area contributed by atoms with Crippen LogP contribution in [0.25, 0.3) is 0 Å². The van der Waals surface area contributed by atoms with E-state index in [9.17, 15) is 14.4 Å². The second-order valence-electron chi connectivity index (χ2n) is 8.13. The lowest BCUT2D eigenvalue weighted by atomic mass is 10.2. The van der Waals surface area contributed by atoms with Crippen molar-refractivity contribution in [2.45, 2.75) is 33.1 Å². The molecule has 0 bridgehead atoms. The van der Waals surface area contributed by atoms with Crippen LogP contribution in [-0.2, 0) is 19.1 Å². The van der Waals surface area contributed by atoms with E-state index in [4.69, 9.17) is 21.1 Å². The maximum Gasteiger partial charge on any atom is 0.306 e. The number of rotatable bonds is 10. The van der Waals surface area contributed by atoms with Crippen LogP contribution in [0.1, 0.15) is 30.4 Å². The molecule has 0 radical (unpaired) electrons. The predicted octanol–water partition coefficient (Wildman–Crippen LogP) is 6.80. The summed E-state index contributed by atoms with van der Waals surface area (Å²) >= 11 is 9.37. The van der Waals surface area contributed by atoms with Gasteiger partial charge in [-0.05, 0) is 95.9 Å². The number of hydrogen-bond donors (Lipinski definition) is 2. The fourth-order valence-corrected chi connectivity index (χ4v) is 3.84. The van der Waals surface area contributed by atoms with E-state index in [2.05, 4.69) is 26.6 Å². The summed E-state index contributed by atoms with van der Waals surface area (Å²) in [5.74, 6) is 0.141. The lowest BCUT2D eigenvalue weighted by molar-refractivity contribution is -0.147. The largest absolute Gasteiger partial charge is 0.457 e. The average Bonchev–Trinajstić information content (AvgIpc) is 2.82. The molecule has 36 heavy (non-hydrogen) atoms. The Kier molecular flexibility index (Phi) is 9.90. The van der Waals surface area contributed by atoms with E-state index in [0.29, 0.717) is 28.6 Å². The molecule has 0 saturated carbocycles. The Bertz CT molecular complexity index is 1250. The molecule has 0 fully saturated rings. The molecule has 188 valence electrons. The van der Waals surface area contributed by atoms with Gasteiger partial charge in [-0.3, -0.25) is 14.4 Å². The van der Waals surface area contributed by atoms with Gasteiger partial charge in [0, 0.05) is 28.7 Å². The van der Waals surface area contributed by atoms with Crippen LogP contribution in [-0.4, -0.2) is 24.4 Å². The fraction of sp³-hybridized carbons (Fsp3) is 0.222. The minimum Gasteiger partial charge on any atom is -0.457 e. The van der Waals surface area contributed by atoms with Crippen LogP contribution in [0.4, 0.5) is 11.4 Å². The molecule has 0 heterocycles. The first kappa shape index (κ1) is 27.2. The Labute approximate surface area is 223 Å². The van der Waals surface area contributed by atoms with Gasteiger partial charge in [0.15, 0.2) is 6.61 Å². The maximum absolute atomic E-state index is 12.2. The molecule has 0 spiro atoms. The summed E-state index contributed by atoms with van der Waals surface area (Å²) in [5, 5.41) is 5.90. The number of nitrogens with one attached hydrogen (secondary N) is 2. The highest BCUT2D eigenvalue weighted by Crippen LogP contribution is 2.29. The topological polar surface area (TPSA) is 93.7 Å². The molecule has 2 amide bonds. The minimum atomic E-state index is -0.554. The van der Waals surface area contributed by atoms with Crippen LogP contribution in [0.2, 0.25) is 5.02 Å². The number of halogens is 2. The van der Waals surface area contributed by atoms with Crippen molar-refractivity contribution in [3.63, 3.8) is 0 Å². The van der Waals surface area contributed by atoms with Gasteiger partial charge in [-0.25, -0.2) is 0 Å². The zero-order chi connectivity index (χ0) is 26.1. The maximum atomic E-state index is 12.2. The summed E-state index contributed by atoms with van der Waals surface area (Å²) in [6, 6.07) is 18.1. The van der Waals surface area contributed by atoms with E-state index in [0.717, 1.165) is 21.3 Å². The van der Waals surface area contributed by atoms with Crippen molar-refractivity contribution in [2.75, 3.05) is 17.2 Å². The third-order valence-corrected chi connectivity index (χ3v) is 6.25. The summed E-state index contributed by atoms with van der Waals surface area (Å²) in [7, 11) is 0. The van der Waals surface area contributed by atoms with E-state index in [1.54, 1.807) is 36.4 Å². The van der Waals surface area contributed by atoms with E-state index >= 15 is 0 Å². The predicted molar refractivity (Wildman–Crippen MR) is 144 cm³/mol. The molecule has 0 aliphatic heterocycles. The molecular formula is C27H26BrClN2O5. The highest BCUT2D eigenvalue weighted by atomic mass is 79.9. The number of aryl methyl sites for hydroxylation is 2. The summed E-state index contributed by atoms with van der Waals surface area (Å²) in [5.41, 5.74) is 3.07. The highest BCUT2D eigenvalue weighted by molar-refractivity contribution is 9.10. The number of ether oxygens (including phenoxy) is 2. The Balaban J connectivity index is 1.34. The fourth-order valence-electron chi connectivity index (χ4n) is 3.22. The quantitative estimate of drug-likeness (QED) is 0.260. The van der Waals surface area contributed by atoms with Crippen molar-refractivity contribution in [3.8, 4) is 11.5 Å². The first-order chi connectivity index (χ1) is 17.2. The first-order valence-corrected chi connectivity index (χ1v) is 12.4. The van der Waals surface area contributed by atoms with Gasteiger partial charge in [0.2, 0.25) is 5.91 Å². The molecule has 3 aromatic carbocycles. The average molecular weight is 574 g/mol. The van der Waals surface area contributed by atoms with Crippen molar-refractivity contribution < 1.29 is 23.9 Å². The third-order valence-electron chi connectivity index (χ3n) is 5.05. The van der Waals surface area contributed by atoms with Gasteiger partial charge < -0.3 is 20.1 Å². The van der Waals surface area contributed by atoms with Crippen molar-refractivity contribution in [1.29, 1.82) is 0 Å². The van der Waals surface area contributed by atoms with Crippen LogP contribution >= 0.6 is 27.5 Å². The Hall–Kier alpha value is -3.36. The molecule has 0 aliphatic carbocycles. The third kappa shape index (κ3) is 8.70. The van der Waals surface area contributed by atoms with Gasteiger partial charge in [0.25, 0.3) is 5.91 Å².